The number of ketones is 1. The van der Waals surface area contributed by atoms with E-state index in [2.05, 4.69) is 4.98 Å². The van der Waals surface area contributed by atoms with E-state index in [-0.39, 0.29) is 18.6 Å². The second-order valence-corrected chi connectivity index (χ2v) is 3.82. The molecule has 98 valence electrons. The molecule has 0 amide bonds. The van der Waals surface area contributed by atoms with Gasteiger partial charge < -0.3 is 4.74 Å². The molecular formula is C14H11F2NO2. The minimum Gasteiger partial charge on any atom is -0.493 e. The molecular weight excluding hydrogens is 252 g/mol. The highest BCUT2D eigenvalue weighted by molar-refractivity contribution is 5.96. The van der Waals surface area contributed by atoms with Crippen molar-refractivity contribution in [1.29, 1.82) is 0 Å². The third-order valence-corrected chi connectivity index (χ3v) is 2.46. The molecule has 0 saturated heterocycles. The zero-order valence-corrected chi connectivity index (χ0v) is 9.98. The number of halogens is 2. The second-order valence-electron chi connectivity index (χ2n) is 3.82. The van der Waals surface area contributed by atoms with Crippen LogP contribution in [0, 0.1) is 11.8 Å². The van der Waals surface area contributed by atoms with Crippen molar-refractivity contribution in [1.82, 2.24) is 4.98 Å². The fourth-order valence-electron chi connectivity index (χ4n) is 1.54. The Morgan fingerprint density at radius 3 is 2.68 bits per heavy atom. The van der Waals surface area contributed by atoms with E-state index in [4.69, 9.17) is 4.74 Å². The van der Waals surface area contributed by atoms with Crippen molar-refractivity contribution in [2.75, 3.05) is 6.61 Å². The number of ether oxygens (including phenoxy) is 1. The summed E-state index contributed by atoms with van der Waals surface area (Å²) in [5.41, 5.74) is -0.302. The molecule has 0 bridgehead atoms. The SMILES string of the molecule is O=C(CCOc1ccccc1)c1cc(F)ncc1F. The van der Waals surface area contributed by atoms with Crippen LogP contribution in [0.1, 0.15) is 16.8 Å². The van der Waals surface area contributed by atoms with Crippen LogP contribution in [0.4, 0.5) is 8.78 Å². The fourth-order valence-corrected chi connectivity index (χ4v) is 1.54. The molecule has 0 aliphatic heterocycles. The van der Waals surface area contributed by atoms with Crippen LogP contribution in [0.2, 0.25) is 0 Å². The monoisotopic (exact) mass is 263 g/mol. The van der Waals surface area contributed by atoms with Crippen molar-refractivity contribution in [3.05, 3.63) is 59.9 Å². The summed E-state index contributed by atoms with van der Waals surface area (Å²) in [7, 11) is 0. The van der Waals surface area contributed by atoms with Gasteiger partial charge in [-0.3, -0.25) is 4.79 Å². The lowest BCUT2D eigenvalue weighted by molar-refractivity contribution is 0.0957. The second kappa shape index (κ2) is 6.04. The number of carbonyl (C=O) groups is 1. The number of carbonyl (C=O) groups excluding carboxylic acids is 1. The summed E-state index contributed by atoms with van der Waals surface area (Å²) in [5, 5.41) is 0. The van der Waals surface area contributed by atoms with Crippen molar-refractivity contribution in [2.24, 2.45) is 0 Å². The molecule has 1 aromatic carbocycles. The van der Waals surface area contributed by atoms with Gasteiger partial charge in [-0.05, 0) is 12.1 Å². The summed E-state index contributed by atoms with van der Waals surface area (Å²) in [6.07, 6.45) is 0.663. The van der Waals surface area contributed by atoms with Gasteiger partial charge in [0.05, 0.1) is 18.4 Å². The predicted molar refractivity (Wildman–Crippen MR) is 65.0 cm³/mol. The molecule has 0 atom stereocenters. The van der Waals surface area contributed by atoms with Gasteiger partial charge in [0.15, 0.2) is 11.6 Å². The van der Waals surface area contributed by atoms with E-state index in [1.807, 2.05) is 6.07 Å². The molecule has 1 heterocycles. The summed E-state index contributed by atoms with van der Waals surface area (Å²) < 4.78 is 31.4. The number of para-hydroxylation sites is 1. The van der Waals surface area contributed by atoms with Crippen molar-refractivity contribution < 1.29 is 18.3 Å². The highest BCUT2D eigenvalue weighted by Crippen LogP contribution is 2.12. The van der Waals surface area contributed by atoms with Crippen LogP contribution < -0.4 is 4.74 Å². The number of nitrogens with zero attached hydrogens (tertiary/aromatic N) is 1. The van der Waals surface area contributed by atoms with Gasteiger partial charge in [-0.1, -0.05) is 18.2 Å². The summed E-state index contributed by atoms with van der Waals surface area (Å²) in [6.45, 7) is 0.103. The highest BCUT2D eigenvalue weighted by Gasteiger charge is 2.13. The topological polar surface area (TPSA) is 39.2 Å². The average Bonchev–Trinajstić information content (AvgIpc) is 2.42. The van der Waals surface area contributed by atoms with Crippen molar-refractivity contribution in [3.63, 3.8) is 0 Å². The molecule has 0 aliphatic rings. The first kappa shape index (κ1) is 13.1. The smallest absolute Gasteiger partial charge is 0.213 e. The predicted octanol–water partition coefficient (Wildman–Crippen LogP) is 3.01. The Kier molecular flexibility index (Phi) is 4.18. The van der Waals surface area contributed by atoms with Gasteiger partial charge in [-0.15, -0.1) is 0 Å². The Labute approximate surface area is 108 Å². The lowest BCUT2D eigenvalue weighted by Gasteiger charge is -2.05. The molecule has 0 radical (unpaired) electrons. The van der Waals surface area contributed by atoms with Crippen LogP contribution >= 0.6 is 0 Å². The normalized spacial score (nSPS) is 10.2. The molecule has 5 heteroatoms. The number of benzene rings is 1. The summed E-state index contributed by atoms with van der Waals surface area (Å²) >= 11 is 0. The number of pyridine rings is 1. The van der Waals surface area contributed by atoms with Crippen LogP contribution in [-0.2, 0) is 0 Å². The van der Waals surface area contributed by atoms with Crippen molar-refractivity contribution in [3.8, 4) is 5.75 Å². The van der Waals surface area contributed by atoms with Crippen LogP contribution in [0.3, 0.4) is 0 Å². The van der Waals surface area contributed by atoms with E-state index in [0.717, 1.165) is 6.07 Å². The first-order valence-corrected chi connectivity index (χ1v) is 5.69. The molecule has 0 unspecified atom stereocenters. The first-order valence-electron chi connectivity index (χ1n) is 5.69. The van der Waals surface area contributed by atoms with E-state index in [0.29, 0.717) is 11.9 Å². The molecule has 3 nitrogen and oxygen atoms in total. The number of aromatic nitrogens is 1. The molecule has 0 N–H and O–H groups in total. The van der Waals surface area contributed by atoms with E-state index < -0.39 is 17.5 Å². The van der Waals surface area contributed by atoms with E-state index >= 15 is 0 Å². The van der Waals surface area contributed by atoms with Gasteiger partial charge in [0, 0.05) is 12.5 Å². The molecule has 0 spiro atoms. The van der Waals surface area contributed by atoms with Crippen molar-refractivity contribution in [2.45, 2.75) is 6.42 Å². The number of Topliss-reactive ketones (excluding diaryl/α,β-unsaturated/α-hetero) is 1. The van der Waals surface area contributed by atoms with E-state index in [9.17, 15) is 13.6 Å². The quantitative estimate of drug-likeness (QED) is 0.615. The number of hydrogen-bond donors (Lipinski definition) is 0. The van der Waals surface area contributed by atoms with Gasteiger partial charge in [0.2, 0.25) is 5.95 Å². The van der Waals surface area contributed by atoms with Gasteiger partial charge in [-0.25, -0.2) is 9.37 Å². The maximum absolute atomic E-state index is 13.3. The van der Waals surface area contributed by atoms with Gasteiger partial charge in [0.25, 0.3) is 0 Å². The Hall–Kier alpha value is -2.30. The van der Waals surface area contributed by atoms with Gasteiger partial charge >= 0.3 is 0 Å². The molecule has 0 aliphatic carbocycles. The lowest BCUT2D eigenvalue weighted by Crippen LogP contribution is -2.09. The minimum atomic E-state index is -0.881. The summed E-state index contributed by atoms with van der Waals surface area (Å²) in [5.74, 6) is -1.61. The maximum Gasteiger partial charge on any atom is 0.213 e. The van der Waals surface area contributed by atoms with E-state index in [1.54, 1.807) is 24.3 Å². The fraction of sp³-hybridized carbons (Fsp3) is 0.143. The average molecular weight is 263 g/mol. The van der Waals surface area contributed by atoms with Gasteiger partial charge in [-0.2, -0.15) is 4.39 Å². The molecule has 2 rings (SSSR count). The first-order chi connectivity index (χ1) is 9.16. The Morgan fingerprint density at radius 1 is 1.21 bits per heavy atom. The zero-order valence-electron chi connectivity index (χ0n) is 9.98. The van der Waals surface area contributed by atoms with E-state index in [1.165, 1.54) is 0 Å². The van der Waals surface area contributed by atoms with Crippen LogP contribution in [0.5, 0.6) is 5.75 Å². The molecule has 19 heavy (non-hydrogen) atoms. The van der Waals surface area contributed by atoms with Crippen LogP contribution in [0.15, 0.2) is 42.6 Å². The molecule has 0 fully saturated rings. The Morgan fingerprint density at radius 2 is 1.95 bits per heavy atom. The summed E-state index contributed by atoms with van der Waals surface area (Å²) in [4.78, 5) is 14.8. The summed E-state index contributed by atoms with van der Waals surface area (Å²) in [6, 6.07) is 9.73. The highest BCUT2D eigenvalue weighted by atomic mass is 19.1. The zero-order chi connectivity index (χ0) is 13.7. The van der Waals surface area contributed by atoms with Gasteiger partial charge in [0.1, 0.15) is 5.75 Å². The van der Waals surface area contributed by atoms with Crippen molar-refractivity contribution >= 4 is 5.78 Å². The van der Waals surface area contributed by atoms with Crippen LogP contribution in [0.25, 0.3) is 0 Å². The van der Waals surface area contributed by atoms with Crippen LogP contribution in [-0.4, -0.2) is 17.4 Å². The number of hydrogen-bond acceptors (Lipinski definition) is 3. The molecule has 2 aromatic rings. The Balaban J connectivity index is 1.93. The molecule has 0 saturated carbocycles. The Bertz CT molecular complexity index is 573. The lowest BCUT2D eigenvalue weighted by atomic mass is 10.1. The number of rotatable bonds is 5. The maximum atomic E-state index is 13.3. The third-order valence-electron chi connectivity index (χ3n) is 2.46. The minimum absolute atomic E-state index is 0.0325. The standard InChI is InChI=1S/C14H11F2NO2/c15-12-9-17-14(16)8-11(12)13(18)6-7-19-10-4-2-1-3-5-10/h1-5,8-9H,6-7H2. The molecule has 1 aromatic heterocycles. The largest absolute Gasteiger partial charge is 0.493 e. The third kappa shape index (κ3) is 3.58.